The minimum absolute atomic E-state index is 0.168. The van der Waals surface area contributed by atoms with Crippen LogP contribution in [-0.4, -0.2) is 14.2 Å². The van der Waals surface area contributed by atoms with Crippen LogP contribution >= 0.6 is 0 Å². The Morgan fingerprint density at radius 2 is 1.39 bits per heavy atom. The summed E-state index contributed by atoms with van der Waals surface area (Å²) in [6.45, 7) is 7.72. The van der Waals surface area contributed by atoms with Gasteiger partial charge in [0.05, 0.1) is 5.69 Å². The Kier molecular flexibility index (Phi) is 5.35. The maximum Gasteiger partial charge on any atom is 0.267 e. The first-order valence-electron chi connectivity index (χ1n) is 9.26. The number of carbonyl (C=O) groups is 1. The van der Waals surface area contributed by atoms with Crippen LogP contribution < -0.4 is 10.0 Å². The SMILES string of the molecule is Cc1ccccc1NC1=C(S(=O)(=O)Nc2ccccc2C)C(=O)CC(C)(C)C1. The molecule has 148 valence electrons. The molecule has 5 nitrogen and oxygen atoms in total. The molecule has 0 saturated heterocycles. The Hall–Kier alpha value is -2.60. The van der Waals surface area contributed by atoms with Gasteiger partial charge in [0, 0.05) is 17.8 Å². The fourth-order valence-electron chi connectivity index (χ4n) is 3.48. The predicted octanol–water partition coefficient (Wildman–Crippen LogP) is 4.76. The fourth-order valence-corrected chi connectivity index (χ4v) is 4.92. The highest BCUT2D eigenvalue weighted by molar-refractivity contribution is 7.97. The first-order valence-corrected chi connectivity index (χ1v) is 10.7. The molecule has 2 aromatic carbocycles. The molecule has 3 rings (SSSR count). The number of hydrogen-bond acceptors (Lipinski definition) is 4. The lowest BCUT2D eigenvalue weighted by atomic mass is 9.78. The number of benzene rings is 2. The summed E-state index contributed by atoms with van der Waals surface area (Å²) < 4.78 is 29.0. The third kappa shape index (κ3) is 4.28. The molecule has 2 aromatic rings. The van der Waals surface area contributed by atoms with E-state index in [1.807, 2.05) is 64.1 Å². The number of anilines is 2. The van der Waals surface area contributed by atoms with Gasteiger partial charge in [0.2, 0.25) is 0 Å². The number of carbonyl (C=O) groups excluding carboxylic acids is 1. The van der Waals surface area contributed by atoms with Crippen molar-refractivity contribution in [3.05, 3.63) is 70.3 Å². The molecule has 0 saturated carbocycles. The zero-order valence-corrected chi connectivity index (χ0v) is 17.5. The topological polar surface area (TPSA) is 75.3 Å². The summed E-state index contributed by atoms with van der Waals surface area (Å²) in [5.74, 6) is -0.367. The van der Waals surface area contributed by atoms with Crippen molar-refractivity contribution in [1.82, 2.24) is 0 Å². The van der Waals surface area contributed by atoms with Crippen molar-refractivity contribution in [1.29, 1.82) is 0 Å². The number of hydrogen-bond donors (Lipinski definition) is 2. The number of ketones is 1. The van der Waals surface area contributed by atoms with E-state index in [1.165, 1.54) is 0 Å². The maximum absolute atomic E-state index is 13.2. The normalized spacial score (nSPS) is 16.8. The van der Waals surface area contributed by atoms with Crippen molar-refractivity contribution >= 4 is 27.2 Å². The summed E-state index contributed by atoms with van der Waals surface area (Å²) in [5, 5.41) is 3.23. The van der Waals surface area contributed by atoms with E-state index < -0.39 is 10.0 Å². The van der Waals surface area contributed by atoms with E-state index in [-0.39, 0.29) is 22.5 Å². The minimum atomic E-state index is -4.02. The Balaban J connectivity index is 2.08. The first-order chi connectivity index (χ1) is 13.1. The lowest BCUT2D eigenvalue weighted by molar-refractivity contribution is -0.117. The summed E-state index contributed by atoms with van der Waals surface area (Å²) in [7, 11) is -4.02. The van der Waals surface area contributed by atoms with Crippen molar-refractivity contribution in [2.75, 3.05) is 10.0 Å². The molecule has 0 fully saturated rings. The number of nitrogens with one attached hydrogen (secondary N) is 2. The van der Waals surface area contributed by atoms with Crippen LogP contribution in [-0.2, 0) is 14.8 Å². The average Bonchev–Trinajstić information content (AvgIpc) is 2.57. The average molecular weight is 399 g/mol. The predicted molar refractivity (Wildman–Crippen MR) is 114 cm³/mol. The van der Waals surface area contributed by atoms with Gasteiger partial charge in [0.1, 0.15) is 4.91 Å². The lowest BCUT2D eigenvalue weighted by Gasteiger charge is -2.32. The van der Waals surface area contributed by atoms with Crippen LogP contribution in [0.1, 0.15) is 37.8 Å². The number of sulfonamides is 1. The molecular formula is C22H26N2O3S. The summed E-state index contributed by atoms with van der Waals surface area (Å²) in [6.07, 6.45) is 0.660. The van der Waals surface area contributed by atoms with Crippen LogP contribution in [0.15, 0.2) is 59.1 Å². The van der Waals surface area contributed by atoms with Crippen LogP contribution in [0.4, 0.5) is 11.4 Å². The Morgan fingerprint density at radius 1 is 0.857 bits per heavy atom. The van der Waals surface area contributed by atoms with E-state index in [0.717, 1.165) is 16.8 Å². The molecule has 28 heavy (non-hydrogen) atoms. The highest BCUT2D eigenvalue weighted by atomic mass is 32.2. The summed E-state index contributed by atoms with van der Waals surface area (Å²) >= 11 is 0. The highest BCUT2D eigenvalue weighted by Crippen LogP contribution is 2.39. The molecule has 0 atom stereocenters. The largest absolute Gasteiger partial charge is 0.357 e. The number of rotatable bonds is 5. The molecule has 0 aromatic heterocycles. The molecule has 1 aliphatic rings. The van der Waals surface area contributed by atoms with Crippen LogP contribution in [0.5, 0.6) is 0 Å². The van der Waals surface area contributed by atoms with Gasteiger partial charge in [-0.3, -0.25) is 9.52 Å². The van der Waals surface area contributed by atoms with Gasteiger partial charge in [-0.05, 0) is 48.9 Å². The van der Waals surface area contributed by atoms with Crippen LogP contribution in [0.25, 0.3) is 0 Å². The monoisotopic (exact) mass is 398 g/mol. The highest BCUT2D eigenvalue weighted by Gasteiger charge is 2.39. The summed E-state index contributed by atoms with van der Waals surface area (Å²) in [4.78, 5) is 12.7. The third-order valence-corrected chi connectivity index (χ3v) is 6.41. The van der Waals surface area contributed by atoms with E-state index in [1.54, 1.807) is 12.1 Å². The second kappa shape index (κ2) is 7.43. The second-order valence-corrected chi connectivity index (χ2v) is 9.73. The van der Waals surface area contributed by atoms with E-state index in [2.05, 4.69) is 10.0 Å². The molecular weight excluding hydrogens is 372 g/mol. The zero-order chi connectivity index (χ0) is 20.5. The van der Waals surface area contributed by atoms with E-state index in [9.17, 15) is 13.2 Å². The number of allylic oxidation sites excluding steroid dienone is 2. The summed E-state index contributed by atoms with van der Waals surface area (Å²) in [5.41, 5.74) is 3.17. The number of aryl methyl sites for hydroxylation is 2. The third-order valence-electron chi connectivity index (χ3n) is 4.91. The van der Waals surface area contributed by atoms with Gasteiger partial charge in [0.15, 0.2) is 5.78 Å². The van der Waals surface area contributed by atoms with E-state index in [0.29, 0.717) is 17.8 Å². The standard InChI is InChI=1S/C22H26N2O3S/c1-15-9-5-7-11-17(15)23-19-13-22(3,4)14-20(25)21(19)28(26,27)24-18-12-8-6-10-16(18)2/h5-12,23-24H,13-14H2,1-4H3. The Morgan fingerprint density at radius 3 is 1.96 bits per heavy atom. The van der Waals surface area contributed by atoms with Gasteiger partial charge in [-0.15, -0.1) is 0 Å². The van der Waals surface area contributed by atoms with Crippen molar-refractivity contribution in [2.45, 2.75) is 40.5 Å². The maximum atomic E-state index is 13.2. The first kappa shape index (κ1) is 20.1. The van der Waals surface area contributed by atoms with Gasteiger partial charge < -0.3 is 5.32 Å². The fraction of sp³-hybridized carbons (Fsp3) is 0.318. The van der Waals surface area contributed by atoms with Gasteiger partial charge in [-0.25, -0.2) is 8.42 Å². The molecule has 0 spiro atoms. The van der Waals surface area contributed by atoms with E-state index >= 15 is 0 Å². The molecule has 1 aliphatic carbocycles. The number of Topliss-reactive ketones (excluding diaryl/α,β-unsaturated/α-hetero) is 1. The van der Waals surface area contributed by atoms with Crippen molar-refractivity contribution in [2.24, 2.45) is 5.41 Å². The molecule has 0 bridgehead atoms. The van der Waals surface area contributed by atoms with Gasteiger partial charge >= 0.3 is 0 Å². The quantitative estimate of drug-likeness (QED) is 0.761. The van der Waals surface area contributed by atoms with Crippen LogP contribution in [0.3, 0.4) is 0 Å². The van der Waals surface area contributed by atoms with Crippen molar-refractivity contribution < 1.29 is 13.2 Å². The number of para-hydroxylation sites is 2. The van der Waals surface area contributed by atoms with Gasteiger partial charge in [-0.1, -0.05) is 50.2 Å². The van der Waals surface area contributed by atoms with Gasteiger partial charge in [0.25, 0.3) is 10.0 Å². The van der Waals surface area contributed by atoms with Crippen molar-refractivity contribution in [3.8, 4) is 0 Å². The molecule has 0 radical (unpaired) electrons. The van der Waals surface area contributed by atoms with Crippen molar-refractivity contribution in [3.63, 3.8) is 0 Å². The van der Waals surface area contributed by atoms with Crippen LogP contribution in [0, 0.1) is 19.3 Å². The minimum Gasteiger partial charge on any atom is -0.357 e. The Labute approximate surface area is 166 Å². The molecule has 0 unspecified atom stereocenters. The van der Waals surface area contributed by atoms with Crippen LogP contribution in [0.2, 0.25) is 0 Å². The molecule has 0 amide bonds. The Bertz CT molecular complexity index is 1050. The molecule has 0 aliphatic heterocycles. The zero-order valence-electron chi connectivity index (χ0n) is 16.7. The second-order valence-electron chi connectivity index (χ2n) is 8.11. The molecule has 6 heteroatoms. The van der Waals surface area contributed by atoms with Gasteiger partial charge in [-0.2, -0.15) is 0 Å². The van der Waals surface area contributed by atoms with E-state index in [4.69, 9.17) is 0 Å². The molecule has 2 N–H and O–H groups in total. The smallest absolute Gasteiger partial charge is 0.267 e. The molecule has 0 heterocycles. The lowest BCUT2D eigenvalue weighted by Crippen LogP contribution is -2.33. The summed E-state index contributed by atoms with van der Waals surface area (Å²) in [6, 6.07) is 14.7.